The summed E-state index contributed by atoms with van der Waals surface area (Å²) in [6, 6.07) is 15.0. The van der Waals surface area contributed by atoms with Crippen molar-refractivity contribution in [3.8, 4) is 11.4 Å². The molecule has 8 nitrogen and oxygen atoms in total. The fraction of sp³-hybridized carbons (Fsp3) is 0.292. The number of amides is 1. The molecule has 166 valence electrons. The number of hydrogen-bond acceptors (Lipinski definition) is 6. The van der Waals surface area contributed by atoms with Crippen LogP contribution in [0.2, 0.25) is 0 Å². The Bertz CT molecular complexity index is 1130. The maximum absolute atomic E-state index is 13.6. The molecular weight excluding hydrogens is 408 g/mol. The normalized spacial score (nSPS) is 13.0. The third kappa shape index (κ3) is 3.79. The van der Waals surface area contributed by atoms with Gasteiger partial charge in [-0.1, -0.05) is 0 Å². The third-order valence-corrected chi connectivity index (χ3v) is 5.48. The average Bonchev–Trinajstić information content (AvgIpc) is 3.20. The molecule has 0 N–H and O–H groups in total. The Morgan fingerprint density at radius 3 is 2.31 bits per heavy atom. The zero-order valence-corrected chi connectivity index (χ0v) is 18.7. The van der Waals surface area contributed by atoms with E-state index in [2.05, 4.69) is 5.10 Å². The Balaban J connectivity index is 1.78. The molecule has 0 saturated carbocycles. The van der Waals surface area contributed by atoms with E-state index in [-0.39, 0.29) is 18.2 Å². The lowest BCUT2D eigenvalue weighted by molar-refractivity contribution is 0.0517. The molecule has 0 atom stereocenters. The second kappa shape index (κ2) is 8.74. The van der Waals surface area contributed by atoms with E-state index in [0.29, 0.717) is 35.7 Å². The van der Waals surface area contributed by atoms with E-state index < -0.39 is 5.97 Å². The SMILES string of the molecule is CCOC(=O)c1nn(-c2ccc(OC)cc2)c2c1CCN(c1ccc(N(C)C)cc1)C2=O. The minimum Gasteiger partial charge on any atom is -0.497 e. The van der Waals surface area contributed by atoms with Gasteiger partial charge in [0, 0.05) is 37.6 Å². The molecule has 2 aromatic carbocycles. The molecule has 1 aromatic heterocycles. The van der Waals surface area contributed by atoms with Crippen LogP contribution in [0.5, 0.6) is 5.75 Å². The quantitative estimate of drug-likeness (QED) is 0.554. The van der Waals surface area contributed by atoms with Gasteiger partial charge in [0.05, 0.1) is 19.4 Å². The molecule has 0 bridgehead atoms. The summed E-state index contributed by atoms with van der Waals surface area (Å²) >= 11 is 0. The summed E-state index contributed by atoms with van der Waals surface area (Å²) in [5.74, 6) is -0.0374. The Labute approximate surface area is 187 Å². The molecule has 1 aliphatic heterocycles. The Morgan fingerprint density at radius 1 is 1.06 bits per heavy atom. The van der Waals surface area contributed by atoms with Gasteiger partial charge in [-0.2, -0.15) is 5.10 Å². The zero-order valence-electron chi connectivity index (χ0n) is 18.7. The van der Waals surface area contributed by atoms with Crippen molar-refractivity contribution >= 4 is 23.3 Å². The third-order valence-electron chi connectivity index (χ3n) is 5.48. The van der Waals surface area contributed by atoms with E-state index in [1.807, 2.05) is 43.3 Å². The number of fused-ring (bicyclic) bond motifs is 1. The van der Waals surface area contributed by atoms with Crippen LogP contribution < -0.4 is 14.5 Å². The van der Waals surface area contributed by atoms with Crippen molar-refractivity contribution in [3.05, 3.63) is 65.5 Å². The fourth-order valence-electron chi connectivity index (χ4n) is 3.81. The minimum absolute atomic E-state index is 0.189. The first-order chi connectivity index (χ1) is 15.4. The van der Waals surface area contributed by atoms with Crippen LogP contribution in [0.4, 0.5) is 11.4 Å². The fourth-order valence-corrected chi connectivity index (χ4v) is 3.81. The number of hydrogen-bond donors (Lipinski definition) is 0. The summed E-state index contributed by atoms with van der Waals surface area (Å²) in [5, 5.41) is 4.50. The number of methoxy groups -OCH3 is 1. The van der Waals surface area contributed by atoms with Crippen molar-refractivity contribution in [3.63, 3.8) is 0 Å². The summed E-state index contributed by atoms with van der Waals surface area (Å²) in [5.41, 5.74) is 3.69. The molecule has 3 aromatic rings. The first-order valence-electron chi connectivity index (χ1n) is 10.5. The highest BCUT2D eigenvalue weighted by molar-refractivity contribution is 6.09. The van der Waals surface area contributed by atoms with Gasteiger partial charge in [-0.05, 0) is 61.9 Å². The molecule has 1 amide bonds. The van der Waals surface area contributed by atoms with Gasteiger partial charge >= 0.3 is 5.97 Å². The van der Waals surface area contributed by atoms with Crippen molar-refractivity contribution < 1.29 is 19.1 Å². The van der Waals surface area contributed by atoms with Crippen LogP contribution in [-0.2, 0) is 11.2 Å². The second-order valence-electron chi connectivity index (χ2n) is 7.62. The number of benzene rings is 2. The van der Waals surface area contributed by atoms with Gasteiger partial charge in [-0.3, -0.25) is 4.79 Å². The van der Waals surface area contributed by atoms with E-state index in [1.54, 1.807) is 43.2 Å². The van der Waals surface area contributed by atoms with Crippen molar-refractivity contribution in [2.45, 2.75) is 13.3 Å². The molecule has 2 heterocycles. The molecular formula is C24H26N4O4. The highest BCUT2D eigenvalue weighted by Crippen LogP contribution is 2.30. The summed E-state index contributed by atoms with van der Waals surface area (Å²) < 4.78 is 12.0. The predicted octanol–water partition coefficient (Wildman–Crippen LogP) is 3.33. The lowest BCUT2D eigenvalue weighted by atomic mass is 10.0. The number of carbonyl (C=O) groups excluding carboxylic acids is 2. The van der Waals surface area contributed by atoms with E-state index in [9.17, 15) is 9.59 Å². The number of ether oxygens (including phenoxy) is 2. The second-order valence-corrected chi connectivity index (χ2v) is 7.62. The zero-order chi connectivity index (χ0) is 22.8. The summed E-state index contributed by atoms with van der Waals surface area (Å²) in [7, 11) is 5.53. The summed E-state index contributed by atoms with van der Waals surface area (Å²) in [6.45, 7) is 2.43. The lowest BCUT2D eigenvalue weighted by Gasteiger charge is -2.28. The molecule has 0 fully saturated rings. The van der Waals surface area contributed by atoms with Gasteiger partial charge in [0.15, 0.2) is 5.69 Å². The largest absolute Gasteiger partial charge is 0.497 e. The van der Waals surface area contributed by atoms with E-state index in [1.165, 1.54) is 4.68 Å². The van der Waals surface area contributed by atoms with Gasteiger partial charge in [0.1, 0.15) is 11.4 Å². The van der Waals surface area contributed by atoms with Crippen molar-refractivity contribution in [1.29, 1.82) is 0 Å². The first kappa shape index (κ1) is 21.4. The molecule has 0 spiro atoms. The van der Waals surface area contributed by atoms with Gasteiger partial charge in [-0.15, -0.1) is 0 Å². The minimum atomic E-state index is -0.521. The smallest absolute Gasteiger partial charge is 0.359 e. The average molecular weight is 434 g/mol. The maximum Gasteiger partial charge on any atom is 0.359 e. The number of nitrogens with zero attached hydrogens (tertiary/aromatic N) is 4. The van der Waals surface area contributed by atoms with Gasteiger partial charge < -0.3 is 19.3 Å². The van der Waals surface area contributed by atoms with Crippen LogP contribution in [-0.4, -0.2) is 56.0 Å². The topological polar surface area (TPSA) is 76.9 Å². The Kier molecular flexibility index (Phi) is 5.85. The predicted molar refractivity (Wildman–Crippen MR) is 122 cm³/mol. The summed E-state index contributed by atoms with van der Waals surface area (Å²) in [4.78, 5) is 29.9. The number of rotatable bonds is 6. The number of anilines is 2. The molecule has 1 aliphatic rings. The summed E-state index contributed by atoms with van der Waals surface area (Å²) in [6.07, 6.45) is 0.501. The van der Waals surface area contributed by atoms with Crippen LogP contribution >= 0.6 is 0 Å². The Morgan fingerprint density at radius 2 is 1.72 bits per heavy atom. The first-order valence-corrected chi connectivity index (χ1v) is 10.5. The van der Waals surface area contributed by atoms with Crippen molar-refractivity contribution in [2.24, 2.45) is 0 Å². The molecule has 4 rings (SSSR count). The molecule has 8 heteroatoms. The molecule has 0 aliphatic carbocycles. The number of aromatic nitrogens is 2. The van der Waals surface area contributed by atoms with E-state index in [0.717, 1.165) is 11.4 Å². The highest BCUT2D eigenvalue weighted by atomic mass is 16.5. The molecule has 0 radical (unpaired) electrons. The standard InChI is InChI=1S/C24H26N4O4/c1-5-32-24(30)21-20-14-15-27(17-8-6-16(7-9-17)26(2)3)23(29)22(20)28(25-21)18-10-12-19(31-4)13-11-18/h6-13H,5,14-15H2,1-4H3. The Hall–Kier alpha value is -3.81. The van der Waals surface area contributed by atoms with Crippen LogP contribution in [0.1, 0.15) is 33.5 Å². The van der Waals surface area contributed by atoms with Crippen LogP contribution in [0.25, 0.3) is 5.69 Å². The van der Waals surface area contributed by atoms with E-state index >= 15 is 0 Å². The van der Waals surface area contributed by atoms with Gasteiger partial charge in [-0.25, -0.2) is 9.48 Å². The van der Waals surface area contributed by atoms with E-state index in [4.69, 9.17) is 9.47 Å². The number of carbonyl (C=O) groups is 2. The lowest BCUT2D eigenvalue weighted by Crippen LogP contribution is -2.39. The highest BCUT2D eigenvalue weighted by Gasteiger charge is 2.35. The number of esters is 1. The van der Waals surface area contributed by atoms with Crippen molar-refractivity contribution in [2.75, 3.05) is 44.2 Å². The molecule has 0 saturated heterocycles. The monoisotopic (exact) mass is 434 g/mol. The van der Waals surface area contributed by atoms with Crippen LogP contribution in [0.3, 0.4) is 0 Å². The van der Waals surface area contributed by atoms with Gasteiger partial charge in [0.25, 0.3) is 5.91 Å². The molecule has 32 heavy (non-hydrogen) atoms. The van der Waals surface area contributed by atoms with Crippen molar-refractivity contribution in [1.82, 2.24) is 9.78 Å². The molecule has 0 unspecified atom stereocenters. The maximum atomic E-state index is 13.6. The van der Waals surface area contributed by atoms with Crippen LogP contribution in [0.15, 0.2) is 48.5 Å². The van der Waals surface area contributed by atoms with Crippen LogP contribution in [0, 0.1) is 0 Å². The van der Waals surface area contributed by atoms with Gasteiger partial charge in [0.2, 0.25) is 0 Å².